The highest BCUT2D eigenvalue weighted by Gasteiger charge is 2.13. The number of hydrogen-bond donors (Lipinski definition) is 1. The lowest BCUT2D eigenvalue weighted by Gasteiger charge is -2.18. The zero-order valence-corrected chi connectivity index (χ0v) is 13.7. The number of nitrogens with zero attached hydrogens (tertiary/aromatic N) is 2. The molecule has 5 nitrogen and oxygen atoms in total. The van der Waals surface area contributed by atoms with Gasteiger partial charge >= 0.3 is 6.09 Å². The number of benzene rings is 1. The van der Waals surface area contributed by atoms with E-state index in [1.165, 1.54) is 0 Å². The fraction of sp³-hybridized carbons (Fsp3) is 0.333. The highest BCUT2D eigenvalue weighted by molar-refractivity contribution is 5.67. The van der Waals surface area contributed by atoms with E-state index in [0.717, 1.165) is 11.1 Å². The predicted molar refractivity (Wildman–Crippen MR) is 88.7 cm³/mol. The molecule has 0 radical (unpaired) electrons. The first-order valence-electron chi connectivity index (χ1n) is 7.44. The second kappa shape index (κ2) is 7.50. The minimum Gasteiger partial charge on any atom is -0.445 e. The summed E-state index contributed by atoms with van der Waals surface area (Å²) >= 11 is 0. The Morgan fingerprint density at radius 1 is 1.30 bits per heavy atom. The molecule has 0 aliphatic rings. The summed E-state index contributed by atoms with van der Waals surface area (Å²) in [5, 5.41) is 6.86. The zero-order chi connectivity index (χ0) is 16.7. The first kappa shape index (κ1) is 16.6. The number of aromatic nitrogens is 2. The van der Waals surface area contributed by atoms with Crippen LogP contribution in [0.4, 0.5) is 4.79 Å². The SMILES string of the molecule is CC(C)(C)n1cc(C#CCNC(=O)OCc2ccccc2)cn1. The summed E-state index contributed by atoms with van der Waals surface area (Å²) < 4.78 is 6.95. The molecule has 1 amide bonds. The Morgan fingerprint density at radius 2 is 2.04 bits per heavy atom. The van der Waals surface area contributed by atoms with Crippen molar-refractivity contribution in [3.8, 4) is 11.8 Å². The highest BCUT2D eigenvalue weighted by atomic mass is 16.5. The van der Waals surface area contributed by atoms with Crippen molar-refractivity contribution in [1.82, 2.24) is 15.1 Å². The number of carbonyl (C=O) groups is 1. The molecule has 2 aromatic rings. The van der Waals surface area contributed by atoms with Gasteiger partial charge < -0.3 is 10.1 Å². The predicted octanol–water partition coefficient (Wildman–Crippen LogP) is 2.92. The normalized spacial score (nSPS) is 10.6. The monoisotopic (exact) mass is 311 g/mol. The molecule has 0 saturated carbocycles. The second-order valence-corrected chi connectivity index (χ2v) is 6.06. The van der Waals surface area contributed by atoms with Crippen molar-refractivity contribution in [2.45, 2.75) is 32.9 Å². The summed E-state index contributed by atoms with van der Waals surface area (Å²) in [5.41, 5.74) is 1.70. The maximum absolute atomic E-state index is 11.5. The van der Waals surface area contributed by atoms with Gasteiger partial charge in [-0.2, -0.15) is 5.10 Å². The molecule has 2 rings (SSSR count). The van der Waals surface area contributed by atoms with Gasteiger partial charge in [0, 0.05) is 6.20 Å². The van der Waals surface area contributed by atoms with Crippen molar-refractivity contribution in [2.75, 3.05) is 6.54 Å². The molecule has 0 unspecified atom stereocenters. The number of ether oxygens (including phenoxy) is 1. The smallest absolute Gasteiger partial charge is 0.408 e. The largest absolute Gasteiger partial charge is 0.445 e. The number of nitrogens with one attached hydrogen (secondary N) is 1. The van der Waals surface area contributed by atoms with Crippen LogP contribution in [0.25, 0.3) is 0 Å². The van der Waals surface area contributed by atoms with Crippen LogP contribution in [0.3, 0.4) is 0 Å². The molecule has 120 valence electrons. The zero-order valence-electron chi connectivity index (χ0n) is 13.7. The summed E-state index contributed by atoms with van der Waals surface area (Å²) in [5.74, 6) is 5.84. The molecule has 0 aliphatic carbocycles. The Morgan fingerprint density at radius 3 is 2.70 bits per heavy atom. The van der Waals surface area contributed by atoms with E-state index >= 15 is 0 Å². The van der Waals surface area contributed by atoms with E-state index < -0.39 is 6.09 Å². The first-order chi connectivity index (χ1) is 10.9. The molecule has 1 N–H and O–H groups in total. The van der Waals surface area contributed by atoms with Crippen LogP contribution < -0.4 is 5.32 Å². The molecule has 1 aromatic carbocycles. The Balaban J connectivity index is 1.75. The van der Waals surface area contributed by atoms with Crippen molar-refractivity contribution in [3.63, 3.8) is 0 Å². The maximum Gasteiger partial charge on any atom is 0.408 e. The number of amides is 1. The van der Waals surface area contributed by atoms with Crippen LogP contribution in [0.15, 0.2) is 42.7 Å². The molecule has 0 saturated heterocycles. The van der Waals surface area contributed by atoms with Crippen molar-refractivity contribution in [3.05, 3.63) is 53.9 Å². The molecule has 0 atom stereocenters. The van der Waals surface area contributed by atoms with Crippen molar-refractivity contribution in [1.29, 1.82) is 0 Å². The molecule has 1 aromatic heterocycles. The van der Waals surface area contributed by atoms with Crippen LogP contribution >= 0.6 is 0 Å². The van der Waals surface area contributed by atoms with Crippen LogP contribution in [0.1, 0.15) is 31.9 Å². The minimum absolute atomic E-state index is 0.0700. The Kier molecular flexibility index (Phi) is 5.42. The van der Waals surface area contributed by atoms with Crippen LogP contribution in [-0.4, -0.2) is 22.4 Å². The molecule has 0 bridgehead atoms. The van der Waals surface area contributed by atoms with Crippen molar-refractivity contribution >= 4 is 6.09 Å². The summed E-state index contributed by atoms with van der Waals surface area (Å²) in [7, 11) is 0. The summed E-state index contributed by atoms with van der Waals surface area (Å²) in [4.78, 5) is 11.5. The van der Waals surface area contributed by atoms with Gasteiger partial charge in [0.05, 0.1) is 23.8 Å². The van der Waals surface area contributed by atoms with Gasteiger partial charge in [-0.05, 0) is 26.3 Å². The molecule has 23 heavy (non-hydrogen) atoms. The van der Waals surface area contributed by atoms with Gasteiger partial charge in [0.25, 0.3) is 0 Å². The van der Waals surface area contributed by atoms with Crippen LogP contribution in [0.2, 0.25) is 0 Å². The number of carbonyl (C=O) groups excluding carboxylic acids is 1. The molecule has 0 fully saturated rings. The third kappa shape index (κ3) is 5.51. The number of rotatable bonds is 3. The highest BCUT2D eigenvalue weighted by Crippen LogP contribution is 2.12. The minimum atomic E-state index is -0.478. The van der Waals surface area contributed by atoms with E-state index in [-0.39, 0.29) is 18.7 Å². The average molecular weight is 311 g/mol. The van der Waals surface area contributed by atoms with Crippen LogP contribution in [0.5, 0.6) is 0 Å². The topological polar surface area (TPSA) is 56.2 Å². The van der Waals surface area contributed by atoms with Gasteiger partial charge in [0.1, 0.15) is 6.61 Å². The van der Waals surface area contributed by atoms with E-state index in [9.17, 15) is 4.79 Å². The van der Waals surface area contributed by atoms with Gasteiger partial charge in [0.15, 0.2) is 0 Å². The summed E-state index contributed by atoms with van der Waals surface area (Å²) in [6, 6.07) is 9.53. The molecule has 1 heterocycles. The number of alkyl carbamates (subject to hydrolysis) is 1. The van der Waals surface area contributed by atoms with Gasteiger partial charge in [0.2, 0.25) is 0 Å². The third-order valence-corrected chi connectivity index (χ3v) is 3.04. The summed E-state index contributed by atoms with van der Waals surface area (Å²) in [6.07, 6.45) is 3.13. The summed E-state index contributed by atoms with van der Waals surface area (Å²) in [6.45, 7) is 6.69. The van der Waals surface area contributed by atoms with E-state index in [4.69, 9.17) is 4.74 Å². The third-order valence-electron chi connectivity index (χ3n) is 3.04. The Bertz CT molecular complexity index is 703. The van der Waals surface area contributed by atoms with E-state index in [1.807, 2.05) is 41.2 Å². The van der Waals surface area contributed by atoms with E-state index in [0.29, 0.717) is 0 Å². The lowest BCUT2D eigenvalue weighted by Crippen LogP contribution is -2.24. The standard InChI is InChI=1S/C18H21N3O2/c1-18(2,3)21-13-16(12-20-21)10-7-11-19-17(22)23-14-15-8-5-4-6-9-15/h4-6,8-9,12-13H,11,14H2,1-3H3,(H,19,22). The quantitative estimate of drug-likeness (QED) is 0.887. The van der Waals surface area contributed by atoms with Gasteiger partial charge in [-0.15, -0.1) is 0 Å². The van der Waals surface area contributed by atoms with Crippen LogP contribution in [0, 0.1) is 11.8 Å². The molecule has 5 heteroatoms. The average Bonchev–Trinajstić information content (AvgIpc) is 3.00. The molecular formula is C18H21N3O2. The number of hydrogen-bond acceptors (Lipinski definition) is 3. The maximum atomic E-state index is 11.5. The van der Waals surface area contributed by atoms with E-state index in [2.05, 4.69) is 43.0 Å². The van der Waals surface area contributed by atoms with Crippen molar-refractivity contribution < 1.29 is 9.53 Å². The van der Waals surface area contributed by atoms with E-state index in [1.54, 1.807) is 6.20 Å². The van der Waals surface area contributed by atoms with Crippen LogP contribution in [-0.2, 0) is 16.9 Å². The Labute approximate surface area is 136 Å². The molecule has 0 aliphatic heterocycles. The lowest BCUT2D eigenvalue weighted by atomic mass is 10.1. The van der Waals surface area contributed by atoms with Gasteiger partial charge in [-0.25, -0.2) is 4.79 Å². The molecule has 0 spiro atoms. The first-order valence-corrected chi connectivity index (χ1v) is 7.44. The lowest BCUT2D eigenvalue weighted by molar-refractivity contribution is 0.141. The Hall–Kier alpha value is -2.74. The van der Waals surface area contributed by atoms with Gasteiger partial charge in [-0.1, -0.05) is 42.2 Å². The van der Waals surface area contributed by atoms with Crippen molar-refractivity contribution in [2.24, 2.45) is 0 Å². The fourth-order valence-electron chi connectivity index (χ4n) is 1.79. The second-order valence-electron chi connectivity index (χ2n) is 6.06. The molecular weight excluding hydrogens is 290 g/mol. The van der Waals surface area contributed by atoms with Gasteiger partial charge in [-0.3, -0.25) is 4.68 Å². The fourth-order valence-corrected chi connectivity index (χ4v) is 1.79.